The van der Waals surface area contributed by atoms with E-state index in [0.717, 1.165) is 18.7 Å². The number of aromatic amines is 1. The topological polar surface area (TPSA) is 67.0 Å². The van der Waals surface area contributed by atoms with Crippen LogP contribution in [0.4, 0.5) is 0 Å². The maximum atomic E-state index is 11.2. The van der Waals surface area contributed by atoms with Crippen LogP contribution in [0.25, 0.3) is 0 Å². The summed E-state index contributed by atoms with van der Waals surface area (Å²) in [4.78, 5) is 11.2. The minimum atomic E-state index is -0.157. The summed E-state index contributed by atoms with van der Waals surface area (Å²) >= 11 is 0. The summed E-state index contributed by atoms with van der Waals surface area (Å²) in [5.41, 5.74) is 1.04. The zero-order chi connectivity index (χ0) is 12.0. The lowest BCUT2D eigenvalue weighted by molar-refractivity contribution is -0.145. The molecule has 0 aromatic carbocycles. The molecule has 1 aromatic heterocycles. The predicted octanol–water partition coefficient (Wildman–Crippen LogP) is 1.09. The number of aromatic nitrogens is 2. The number of hydrogen-bond acceptors (Lipinski definition) is 4. The Bertz CT molecular complexity index is 311. The largest absolute Gasteiger partial charge is 0.469 e. The molecule has 0 amide bonds. The Morgan fingerprint density at radius 3 is 2.94 bits per heavy atom. The number of carbonyl (C=O) groups excluding carboxylic acids is 1. The van der Waals surface area contributed by atoms with E-state index in [-0.39, 0.29) is 17.9 Å². The zero-order valence-electron chi connectivity index (χ0n) is 9.99. The van der Waals surface area contributed by atoms with Crippen molar-refractivity contribution in [3.05, 3.63) is 18.0 Å². The normalized spacial score (nSPS) is 14.4. The van der Waals surface area contributed by atoms with Gasteiger partial charge in [0.1, 0.15) is 0 Å². The Kier molecular flexibility index (Phi) is 4.98. The van der Waals surface area contributed by atoms with Gasteiger partial charge in [0.15, 0.2) is 0 Å². The highest BCUT2D eigenvalue weighted by Gasteiger charge is 2.16. The molecular weight excluding hydrogens is 206 g/mol. The van der Waals surface area contributed by atoms with Gasteiger partial charge < -0.3 is 10.1 Å². The lowest BCUT2D eigenvalue weighted by Gasteiger charge is -2.16. The van der Waals surface area contributed by atoms with Crippen molar-refractivity contribution in [3.8, 4) is 0 Å². The van der Waals surface area contributed by atoms with Gasteiger partial charge in [-0.2, -0.15) is 5.10 Å². The smallest absolute Gasteiger partial charge is 0.308 e. The summed E-state index contributed by atoms with van der Waals surface area (Å²) < 4.78 is 4.68. The Morgan fingerprint density at radius 1 is 1.62 bits per heavy atom. The van der Waals surface area contributed by atoms with Crippen LogP contribution < -0.4 is 5.32 Å². The first-order valence-corrected chi connectivity index (χ1v) is 5.43. The van der Waals surface area contributed by atoms with E-state index in [2.05, 4.69) is 27.2 Å². The van der Waals surface area contributed by atoms with E-state index >= 15 is 0 Å². The van der Waals surface area contributed by atoms with E-state index < -0.39 is 0 Å². The van der Waals surface area contributed by atoms with Gasteiger partial charge in [0.25, 0.3) is 0 Å². The van der Waals surface area contributed by atoms with Crippen LogP contribution >= 0.6 is 0 Å². The molecule has 5 heteroatoms. The number of esters is 1. The van der Waals surface area contributed by atoms with Crippen molar-refractivity contribution in [2.24, 2.45) is 5.92 Å². The molecule has 16 heavy (non-hydrogen) atoms. The number of hydrogen-bond donors (Lipinski definition) is 2. The average Bonchev–Trinajstić information content (AvgIpc) is 2.78. The zero-order valence-corrected chi connectivity index (χ0v) is 9.99. The van der Waals surface area contributed by atoms with Gasteiger partial charge in [-0.25, -0.2) is 0 Å². The van der Waals surface area contributed by atoms with Crippen LogP contribution in [0.5, 0.6) is 0 Å². The van der Waals surface area contributed by atoms with Gasteiger partial charge >= 0.3 is 5.97 Å². The maximum Gasteiger partial charge on any atom is 0.308 e. The number of nitrogens with zero attached hydrogens (tertiary/aromatic N) is 1. The van der Waals surface area contributed by atoms with Crippen molar-refractivity contribution < 1.29 is 9.53 Å². The number of nitrogens with one attached hydrogen (secondary N) is 2. The molecule has 0 saturated carbocycles. The van der Waals surface area contributed by atoms with Crippen LogP contribution in [0, 0.1) is 5.92 Å². The van der Waals surface area contributed by atoms with E-state index in [1.54, 1.807) is 6.20 Å². The standard InChI is InChI=1S/C11H19N3O2/c1-8(11(15)16-3)6-9(2)12-7-10-4-5-13-14-10/h4-5,8-9,12H,6-7H2,1-3H3,(H,13,14). The van der Waals surface area contributed by atoms with Crippen LogP contribution in [-0.4, -0.2) is 29.3 Å². The van der Waals surface area contributed by atoms with E-state index in [1.165, 1.54) is 7.11 Å². The third kappa shape index (κ3) is 4.02. The number of carbonyl (C=O) groups is 1. The molecule has 0 fully saturated rings. The molecule has 5 nitrogen and oxygen atoms in total. The summed E-state index contributed by atoms with van der Waals surface area (Å²) in [6, 6.07) is 2.18. The molecule has 1 heterocycles. The molecule has 0 saturated heterocycles. The van der Waals surface area contributed by atoms with Gasteiger partial charge in [-0.15, -0.1) is 0 Å². The second kappa shape index (κ2) is 6.27. The molecule has 0 aliphatic heterocycles. The Balaban J connectivity index is 2.25. The number of methoxy groups -OCH3 is 1. The lowest BCUT2D eigenvalue weighted by Crippen LogP contribution is -2.29. The van der Waals surface area contributed by atoms with Crippen LogP contribution in [0.2, 0.25) is 0 Å². The number of rotatable bonds is 6. The highest BCUT2D eigenvalue weighted by atomic mass is 16.5. The van der Waals surface area contributed by atoms with Gasteiger partial charge in [-0.3, -0.25) is 9.89 Å². The highest BCUT2D eigenvalue weighted by Crippen LogP contribution is 2.08. The molecule has 1 aromatic rings. The van der Waals surface area contributed by atoms with Crippen LogP contribution in [0.1, 0.15) is 26.0 Å². The van der Waals surface area contributed by atoms with Crippen molar-refractivity contribution in [2.75, 3.05) is 7.11 Å². The van der Waals surface area contributed by atoms with Crippen LogP contribution in [0.3, 0.4) is 0 Å². The van der Waals surface area contributed by atoms with E-state index in [9.17, 15) is 4.79 Å². The molecule has 90 valence electrons. The van der Waals surface area contributed by atoms with Crippen molar-refractivity contribution in [1.82, 2.24) is 15.5 Å². The molecular formula is C11H19N3O2. The summed E-state index contributed by atoms with van der Waals surface area (Å²) in [6.07, 6.45) is 2.49. The first-order chi connectivity index (χ1) is 7.63. The predicted molar refractivity (Wildman–Crippen MR) is 60.7 cm³/mol. The van der Waals surface area contributed by atoms with Gasteiger partial charge in [0.2, 0.25) is 0 Å². The quantitative estimate of drug-likeness (QED) is 0.711. The first kappa shape index (κ1) is 12.7. The monoisotopic (exact) mass is 225 g/mol. The summed E-state index contributed by atoms with van der Waals surface area (Å²) in [5, 5.41) is 10.1. The molecule has 2 N–H and O–H groups in total. The minimum absolute atomic E-state index is 0.0748. The molecule has 0 aliphatic rings. The molecule has 0 bridgehead atoms. The fourth-order valence-corrected chi connectivity index (χ4v) is 1.58. The SMILES string of the molecule is COC(=O)C(C)CC(C)NCc1ccn[nH]1. The Morgan fingerprint density at radius 2 is 2.38 bits per heavy atom. The van der Waals surface area contributed by atoms with Gasteiger partial charge in [0.05, 0.1) is 13.0 Å². The van der Waals surface area contributed by atoms with Crippen molar-refractivity contribution >= 4 is 5.97 Å². The van der Waals surface area contributed by atoms with Gasteiger partial charge in [0, 0.05) is 24.5 Å². The summed E-state index contributed by atoms with van der Waals surface area (Å²) in [5.74, 6) is -0.232. The second-order valence-corrected chi connectivity index (χ2v) is 4.02. The third-order valence-electron chi connectivity index (χ3n) is 2.51. The van der Waals surface area contributed by atoms with Gasteiger partial charge in [-0.1, -0.05) is 6.92 Å². The Hall–Kier alpha value is -1.36. The van der Waals surface area contributed by atoms with Crippen molar-refractivity contribution in [3.63, 3.8) is 0 Å². The average molecular weight is 225 g/mol. The maximum absolute atomic E-state index is 11.2. The summed E-state index contributed by atoms with van der Waals surface area (Å²) in [7, 11) is 1.42. The van der Waals surface area contributed by atoms with Crippen molar-refractivity contribution in [2.45, 2.75) is 32.9 Å². The minimum Gasteiger partial charge on any atom is -0.469 e. The third-order valence-corrected chi connectivity index (χ3v) is 2.51. The molecule has 0 radical (unpaired) electrons. The highest BCUT2D eigenvalue weighted by molar-refractivity contribution is 5.71. The number of ether oxygens (including phenoxy) is 1. The van der Waals surface area contributed by atoms with Crippen LogP contribution in [-0.2, 0) is 16.1 Å². The summed E-state index contributed by atoms with van der Waals surface area (Å²) in [6.45, 7) is 4.66. The van der Waals surface area contributed by atoms with E-state index in [0.29, 0.717) is 0 Å². The molecule has 0 aliphatic carbocycles. The van der Waals surface area contributed by atoms with E-state index in [1.807, 2.05) is 13.0 Å². The second-order valence-electron chi connectivity index (χ2n) is 4.02. The molecule has 0 spiro atoms. The van der Waals surface area contributed by atoms with E-state index in [4.69, 9.17) is 0 Å². The molecule has 1 rings (SSSR count). The lowest BCUT2D eigenvalue weighted by atomic mass is 10.0. The Labute approximate surface area is 95.6 Å². The van der Waals surface area contributed by atoms with Crippen LogP contribution in [0.15, 0.2) is 12.3 Å². The fourth-order valence-electron chi connectivity index (χ4n) is 1.58. The van der Waals surface area contributed by atoms with Gasteiger partial charge in [-0.05, 0) is 19.4 Å². The van der Waals surface area contributed by atoms with Crippen molar-refractivity contribution in [1.29, 1.82) is 0 Å². The first-order valence-electron chi connectivity index (χ1n) is 5.43. The molecule has 2 atom stereocenters. The molecule has 2 unspecified atom stereocenters. The number of H-pyrrole nitrogens is 1. The fraction of sp³-hybridized carbons (Fsp3) is 0.636.